The lowest BCUT2D eigenvalue weighted by molar-refractivity contribution is 0.378. The first-order valence-electron chi connectivity index (χ1n) is 20.5. The van der Waals surface area contributed by atoms with Crippen LogP contribution in [0.5, 0.6) is 34.5 Å². The van der Waals surface area contributed by atoms with Crippen molar-refractivity contribution in [2.24, 2.45) is 0 Å². The van der Waals surface area contributed by atoms with Crippen molar-refractivity contribution < 1.29 is 30.6 Å². The van der Waals surface area contributed by atoms with Crippen molar-refractivity contribution in [2.75, 3.05) is 0 Å². The molecule has 6 nitrogen and oxygen atoms in total. The summed E-state index contributed by atoms with van der Waals surface area (Å²) in [6.45, 7) is 15.5. The van der Waals surface area contributed by atoms with E-state index < -0.39 is 16.2 Å². The molecule has 0 heterocycles. The quantitative estimate of drug-likeness (QED) is 0.0652. The minimum Gasteiger partial charge on any atom is -0.508 e. The van der Waals surface area contributed by atoms with Crippen LogP contribution in [0, 0.1) is 0 Å². The van der Waals surface area contributed by atoms with Crippen LogP contribution in [0.3, 0.4) is 0 Å². The molecule has 310 valence electrons. The molecule has 1 unspecified atom stereocenters. The van der Waals surface area contributed by atoms with Gasteiger partial charge in [0.1, 0.15) is 34.5 Å². The van der Waals surface area contributed by atoms with Gasteiger partial charge in [-0.05, 0) is 147 Å². The van der Waals surface area contributed by atoms with E-state index in [1.54, 1.807) is 72.8 Å². The fourth-order valence-electron chi connectivity index (χ4n) is 8.76. The van der Waals surface area contributed by atoms with Crippen LogP contribution in [0.1, 0.15) is 101 Å². The van der Waals surface area contributed by atoms with Crippen molar-refractivity contribution in [2.45, 2.75) is 89.4 Å². The highest BCUT2D eigenvalue weighted by Gasteiger charge is 2.37. The molecule has 60 heavy (non-hydrogen) atoms. The Bertz CT molecular complexity index is 2440. The molecule has 1 atom stereocenters. The summed E-state index contributed by atoms with van der Waals surface area (Å²) < 4.78 is 0. The summed E-state index contributed by atoms with van der Waals surface area (Å²) in [5.41, 5.74) is 7.28. The molecule has 6 N–H and O–H groups in total. The fraction of sp³-hybridized carbons (Fsp3) is 0.259. The van der Waals surface area contributed by atoms with Gasteiger partial charge in [0.05, 0.1) is 0 Å². The van der Waals surface area contributed by atoms with Crippen molar-refractivity contribution in [3.63, 3.8) is 0 Å². The first-order valence-corrected chi connectivity index (χ1v) is 20.5. The van der Waals surface area contributed by atoms with Gasteiger partial charge in [-0.3, -0.25) is 0 Å². The largest absolute Gasteiger partial charge is 0.508 e. The topological polar surface area (TPSA) is 121 Å². The Morgan fingerprint density at radius 3 is 1.15 bits per heavy atom. The SMILES string of the molecule is CC(C)(CC(=C(CC(=CC(C)(CC(C)(C)c1ccc(O)cc1)c1ccc(O)cc1)c1ccc(O)cc1)C(C)(C)c1ccc(O)cc1)c1ccc(O)cc1)c1ccc(O)cc1. The van der Waals surface area contributed by atoms with Crippen molar-refractivity contribution in [3.05, 3.63) is 191 Å². The Morgan fingerprint density at radius 2 is 0.733 bits per heavy atom. The molecule has 6 aromatic rings. The molecule has 0 aromatic heterocycles. The number of benzene rings is 6. The highest BCUT2D eigenvalue weighted by Crippen LogP contribution is 2.49. The summed E-state index contributed by atoms with van der Waals surface area (Å²) in [5, 5.41) is 62.3. The average molecular weight is 803 g/mol. The molecule has 0 aliphatic rings. The molecular weight excluding hydrogens is 745 g/mol. The summed E-state index contributed by atoms with van der Waals surface area (Å²) in [7, 11) is 0. The second-order valence-electron chi connectivity index (χ2n) is 18.2. The van der Waals surface area contributed by atoms with Gasteiger partial charge >= 0.3 is 0 Å². The van der Waals surface area contributed by atoms with Crippen LogP contribution in [-0.2, 0) is 21.7 Å². The molecule has 0 spiro atoms. The Balaban J connectivity index is 1.66. The van der Waals surface area contributed by atoms with Gasteiger partial charge in [-0.1, -0.05) is 133 Å². The van der Waals surface area contributed by atoms with Gasteiger partial charge in [0.2, 0.25) is 0 Å². The summed E-state index contributed by atoms with van der Waals surface area (Å²) in [6.07, 6.45) is 4.09. The van der Waals surface area contributed by atoms with E-state index in [0.29, 0.717) is 19.3 Å². The first-order chi connectivity index (χ1) is 28.3. The summed E-state index contributed by atoms with van der Waals surface area (Å²) in [5.74, 6) is 1.09. The lowest BCUT2D eigenvalue weighted by Crippen LogP contribution is -2.31. The smallest absolute Gasteiger partial charge is 0.115 e. The number of hydrogen-bond donors (Lipinski definition) is 6. The molecule has 6 heteroatoms. The van der Waals surface area contributed by atoms with E-state index in [9.17, 15) is 30.6 Å². The Labute approximate surface area is 355 Å². The first kappa shape index (κ1) is 43.2. The van der Waals surface area contributed by atoms with Crippen molar-refractivity contribution in [1.29, 1.82) is 0 Å². The number of allylic oxidation sites excluding steroid dienone is 4. The Kier molecular flexibility index (Phi) is 12.3. The van der Waals surface area contributed by atoms with Crippen LogP contribution in [0.2, 0.25) is 0 Å². The van der Waals surface area contributed by atoms with E-state index in [4.69, 9.17) is 0 Å². The summed E-state index contributed by atoms with van der Waals surface area (Å²) >= 11 is 0. The van der Waals surface area contributed by atoms with Gasteiger partial charge in [-0.2, -0.15) is 0 Å². The van der Waals surface area contributed by atoms with Crippen LogP contribution >= 0.6 is 0 Å². The number of phenolic OH excluding ortho intramolecular Hbond substituents is 6. The summed E-state index contributed by atoms with van der Waals surface area (Å²) in [4.78, 5) is 0. The van der Waals surface area contributed by atoms with Crippen LogP contribution in [0.15, 0.2) is 157 Å². The van der Waals surface area contributed by atoms with E-state index in [2.05, 4.69) is 54.5 Å². The van der Waals surface area contributed by atoms with Gasteiger partial charge in [0.15, 0.2) is 0 Å². The zero-order valence-corrected chi connectivity index (χ0v) is 35.7. The van der Waals surface area contributed by atoms with E-state index in [-0.39, 0.29) is 39.9 Å². The lowest BCUT2D eigenvalue weighted by Gasteiger charge is -2.39. The Hall–Kier alpha value is -6.40. The van der Waals surface area contributed by atoms with Gasteiger partial charge < -0.3 is 30.6 Å². The zero-order chi connectivity index (χ0) is 43.5. The molecule has 0 fully saturated rings. The van der Waals surface area contributed by atoms with Crippen molar-refractivity contribution >= 4 is 11.1 Å². The van der Waals surface area contributed by atoms with E-state index in [1.165, 1.54) is 0 Å². The monoisotopic (exact) mass is 802 g/mol. The lowest BCUT2D eigenvalue weighted by atomic mass is 9.65. The molecule has 0 aliphatic heterocycles. The number of rotatable bonds is 14. The molecule has 0 saturated heterocycles. The second kappa shape index (κ2) is 17.1. The maximum absolute atomic E-state index is 10.5. The Morgan fingerprint density at radius 1 is 0.400 bits per heavy atom. The molecule has 6 rings (SSSR count). The maximum atomic E-state index is 10.5. The minimum atomic E-state index is -0.611. The van der Waals surface area contributed by atoms with E-state index >= 15 is 0 Å². The predicted molar refractivity (Wildman–Crippen MR) is 244 cm³/mol. The highest BCUT2D eigenvalue weighted by molar-refractivity contribution is 5.79. The van der Waals surface area contributed by atoms with Crippen LogP contribution < -0.4 is 0 Å². The normalized spacial score (nSPS) is 14.0. The van der Waals surface area contributed by atoms with Crippen LogP contribution in [-0.4, -0.2) is 30.6 Å². The minimum absolute atomic E-state index is 0.161. The maximum Gasteiger partial charge on any atom is 0.115 e. The fourth-order valence-corrected chi connectivity index (χ4v) is 8.76. The van der Waals surface area contributed by atoms with E-state index in [0.717, 1.165) is 50.1 Å². The third-order valence-electron chi connectivity index (χ3n) is 12.3. The van der Waals surface area contributed by atoms with Gasteiger partial charge in [-0.15, -0.1) is 0 Å². The third-order valence-corrected chi connectivity index (χ3v) is 12.3. The standard InChI is InChI=1S/C54H58O6/c1-51(2,39-12-24-45(57)25-13-39)34-49(37-10-22-44(56)23-11-37)50(53(5,6)41-16-28-47(59)29-17-41)32-38(36-8-20-43(55)21-9-36)33-54(7,42-18-30-48(60)31-19-42)35-52(3,4)40-14-26-46(58)27-15-40/h8-31,33,55-60H,32,34-35H2,1-7H3. The van der Waals surface area contributed by atoms with Gasteiger partial charge in [-0.25, -0.2) is 0 Å². The molecule has 0 amide bonds. The highest BCUT2D eigenvalue weighted by atomic mass is 16.3. The molecule has 0 saturated carbocycles. The zero-order valence-electron chi connectivity index (χ0n) is 35.7. The summed E-state index contributed by atoms with van der Waals surface area (Å²) in [6, 6.07) is 44.3. The molecule has 0 aliphatic carbocycles. The average Bonchev–Trinajstić information content (AvgIpc) is 3.20. The molecular formula is C54H58O6. The molecule has 6 aromatic carbocycles. The third kappa shape index (κ3) is 9.89. The van der Waals surface area contributed by atoms with Crippen molar-refractivity contribution in [3.8, 4) is 34.5 Å². The van der Waals surface area contributed by atoms with Crippen LogP contribution in [0.4, 0.5) is 0 Å². The van der Waals surface area contributed by atoms with Crippen molar-refractivity contribution in [1.82, 2.24) is 0 Å². The number of hydrogen-bond acceptors (Lipinski definition) is 6. The number of aromatic hydroxyl groups is 6. The number of phenols is 6. The van der Waals surface area contributed by atoms with Crippen LogP contribution in [0.25, 0.3) is 11.1 Å². The molecule has 0 radical (unpaired) electrons. The van der Waals surface area contributed by atoms with Gasteiger partial charge in [0, 0.05) is 10.8 Å². The van der Waals surface area contributed by atoms with Gasteiger partial charge in [0.25, 0.3) is 0 Å². The van der Waals surface area contributed by atoms with E-state index in [1.807, 2.05) is 72.8 Å². The second-order valence-corrected chi connectivity index (χ2v) is 18.2. The predicted octanol–water partition coefficient (Wildman–Crippen LogP) is 12.8. The molecule has 0 bridgehead atoms.